The van der Waals surface area contributed by atoms with E-state index < -0.39 is 22.6 Å². The van der Waals surface area contributed by atoms with E-state index in [1.54, 1.807) is 6.92 Å². The number of carbonyl (C=O) groups excluding carboxylic acids is 1. The molecule has 4 heteroatoms. The maximum absolute atomic E-state index is 11.2. The van der Waals surface area contributed by atoms with Crippen LogP contribution >= 0.6 is 0 Å². The molecule has 0 aromatic rings. The molecular weight excluding hydrogens is 216 g/mol. The normalized spacial score (nSPS) is 10.1. The Morgan fingerprint density at radius 1 is 1.00 bits per heavy atom. The van der Waals surface area contributed by atoms with Crippen LogP contribution in [-0.4, -0.2) is 15.2 Å². The van der Waals surface area contributed by atoms with E-state index in [4.69, 9.17) is 9.90 Å². The van der Waals surface area contributed by atoms with Gasteiger partial charge in [-0.3, -0.25) is 4.79 Å². The Balaban J connectivity index is 0. The van der Waals surface area contributed by atoms with Crippen molar-refractivity contribution in [3.05, 3.63) is 0 Å². The summed E-state index contributed by atoms with van der Waals surface area (Å²) >= 11 is -1.93. The number of rotatable bonds is 4. The zero-order chi connectivity index (χ0) is 11.8. The van der Waals surface area contributed by atoms with Crippen molar-refractivity contribution < 1.29 is 31.3 Å². The Hall–Kier alpha value is -0.146. The molecule has 3 nitrogen and oxygen atoms in total. The van der Waals surface area contributed by atoms with Crippen molar-refractivity contribution in [1.82, 2.24) is 0 Å². The van der Waals surface area contributed by atoms with Gasteiger partial charge in [0.05, 0.1) is 0 Å². The van der Waals surface area contributed by atoms with E-state index in [9.17, 15) is 4.79 Å². The molecule has 0 aromatic heterocycles. The fourth-order valence-electron chi connectivity index (χ4n) is 1.50. The van der Waals surface area contributed by atoms with Gasteiger partial charge in [0.2, 0.25) is 0 Å². The summed E-state index contributed by atoms with van der Waals surface area (Å²) in [5, 5.41) is 7.42. The van der Waals surface area contributed by atoms with Crippen molar-refractivity contribution in [2.24, 2.45) is 0 Å². The molecule has 0 aliphatic heterocycles. The monoisotopic (exact) mass is 238 g/mol. The Bertz CT molecular complexity index is 174. The third kappa shape index (κ3) is 6.33. The molecule has 0 atom stereocenters. The van der Waals surface area contributed by atoms with Crippen molar-refractivity contribution in [2.75, 3.05) is 0 Å². The minimum atomic E-state index is -1.93. The van der Waals surface area contributed by atoms with E-state index in [0.29, 0.717) is 4.09 Å². The first-order chi connectivity index (χ1) is 6.36. The molecule has 0 amide bonds. The molecule has 0 fully saturated rings. The number of carboxylic acids is 1. The van der Waals surface area contributed by atoms with Gasteiger partial charge in [-0.05, 0) is 0 Å². The van der Waals surface area contributed by atoms with Crippen LogP contribution in [-0.2, 0) is 26.2 Å². The molecule has 0 rings (SSSR count). The van der Waals surface area contributed by atoms with Crippen LogP contribution < -0.4 is 0 Å². The number of carboxylic acid groups (broad SMARTS) is 1. The fourth-order valence-corrected chi connectivity index (χ4v) is 6.17. The van der Waals surface area contributed by atoms with Crippen molar-refractivity contribution >= 4 is 10.1 Å². The van der Waals surface area contributed by atoms with Gasteiger partial charge in [0.15, 0.2) is 0 Å². The first-order valence-corrected chi connectivity index (χ1v) is 9.16. The molecule has 0 spiro atoms. The van der Waals surface area contributed by atoms with Gasteiger partial charge in [-0.2, -0.15) is 0 Å². The molecule has 0 unspecified atom stereocenters. The SMILES string of the molecule is CC(=O)O.C[CH2][Ti]([CH2]C)([CH2]C)[C](C)=O. The summed E-state index contributed by atoms with van der Waals surface area (Å²) in [6.07, 6.45) is 0. The molecule has 0 heterocycles. The first-order valence-electron chi connectivity index (χ1n) is 5.06. The van der Waals surface area contributed by atoms with Gasteiger partial charge in [0, 0.05) is 6.92 Å². The van der Waals surface area contributed by atoms with E-state index in [0.717, 1.165) is 6.92 Å². The summed E-state index contributed by atoms with van der Waals surface area (Å²) in [4.78, 5) is 20.2. The third-order valence-corrected chi connectivity index (χ3v) is 11.5. The molecule has 84 valence electrons. The van der Waals surface area contributed by atoms with E-state index in [1.165, 1.54) is 14.2 Å². The van der Waals surface area contributed by atoms with Gasteiger partial charge < -0.3 is 5.11 Å². The van der Waals surface area contributed by atoms with Gasteiger partial charge in [-0.25, -0.2) is 0 Å². The molecule has 1 N–H and O–H groups in total. The van der Waals surface area contributed by atoms with Gasteiger partial charge in [0.1, 0.15) is 0 Å². The Kier molecular flexibility index (Phi) is 9.53. The fraction of sp³-hybridized carbons (Fsp3) is 0.800. The predicted molar refractivity (Wildman–Crippen MR) is 55.4 cm³/mol. The quantitative estimate of drug-likeness (QED) is 0.765. The Labute approximate surface area is 90.2 Å². The second-order valence-electron chi connectivity index (χ2n) is 3.42. The van der Waals surface area contributed by atoms with Crippen LogP contribution in [0.25, 0.3) is 0 Å². The summed E-state index contributed by atoms with van der Waals surface area (Å²) in [6, 6.07) is 0. The van der Waals surface area contributed by atoms with Crippen molar-refractivity contribution in [3.63, 3.8) is 0 Å². The summed E-state index contributed by atoms with van der Waals surface area (Å²) < 4.78 is 4.04. The summed E-state index contributed by atoms with van der Waals surface area (Å²) in [6.45, 7) is 9.40. The minimum absolute atomic E-state index is 0.535. The van der Waals surface area contributed by atoms with E-state index in [-0.39, 0.29) is 0 Å². The first kappa shape index (κ1) is 16.3. The predicted octanol–water partition coefficient (Wildman–Crippen LogP) is 3.09. The van der Waals surface area contributed by atoms with Crippen LogP contribution in [0, 0.1) is 0 Å². The number of hydrogen-bond donors (Lipinski definition) is 1. The second-order valence-corrected chi connectivity index (χ2v) is 11.8. The van der Waals surface area contributed by atoms with Crippen molar-refractivity contribution in [1.29, 1.82) is 0 Å². The average molecular weight is 238 g/mol. The van der Waals surface area contributed by atoms with Crippen LogP contribution in [0.15, 0.2) is 0 Å². The van der Waals surface area contributed by atoms with Gasteiger partial charge in [-0.1, -0.05) is 0 Å². The Morgan fingerprint density at radius 3 is 1.21 bits per heavy atom. The Morgan fingerprint density at radius 2 is 1.21 bits per heavy atom. The van der Waals surface area contributed by atoms with Crippen LogP contribution in [0.1, 0.15) is 34.6 Å². The molecule has 14 heavy (non-hydrogen) atoms. The zero-order valence-electron chi connectivity index (χ0n) is 9.89. The number of carbonyl (C=O) groups is 2. The maximum atomic E-state index is 11.2. The summed E-state index contributed by atoms with van der Waals surface area (Å²) in [7, 11) is 0. The molecular formula is C10H22O3Ti. The summed E-state index contributed by atoms with van der Waals surface area (Å²) in [5.41, 5.74) is 0. The van der Waals surface area contributed by atoms with Crippen molar-refractivity contribution in [2.45, 2.75) is 48.8 Å². The van der Waals surface area contributed by atoms with Gasteiger partial charge in [-0.15, -0.1) is 0 Å². The van der Waals surface area contributed by atoms with Crippen LogP contribution in [0.4, 0.5) is 0 Å². The van der Waals surface area contributed by atoms with Gasteiger partial charge >= 0.3 is 67.3 Å². The molecule has 0 saturated heterocycles. The molecule has 0 saturated carbocycles. The van der Waals surface area contributed by atoms with Crippen LogP contribution in [0.3, 0.4) is 0 Å². The molecule has 0 radical (unpaired) electrons. The molecule has 0 aromatic carbocycles. The van der Waals surface area contributed by atoms with Gasteiger partial charge in [0.25, 0.3) is 5.97 Å². The topological polar surface area (TPSA) is 54.4 Å². The van der Waals surface area contributed by atoms with Crippen LogP contribution in [0.5, 0.6) is 0 Å². The second kappa shape index (κ2) is 8.19. The molecule has 0 aliphatic carbocycles. The van der Waals surface area contributed by atoms with E-state index in [2.05, 4.69) is 20.8 Å². The number of hydrogen-bond acceptors (Lipinski definition) is 2. The van der Waals surface area contributed by atoms with E-state index >= 15 is 0 Å². The molecule has 0 bridgehead atoms. The standard InChI is InChI=1S/C2H4O2.C2H3O.3C2H5.Ti/c1-2(3)4;1-2-3;3*1-2;/h1H3,(H,3,4);1H3;3*1H2,2H3;. The van der Waals surface area contributed by atoms with Crippen molar-refractivity contribution in [3.8, 4) is 0 Å². The zero-order valence-corrected chi connectivity index (χ0v) is 11.4. The average Bonchev–Trinajstić information content (AvgIpc) is 2.07. The van der Waals surface area contributed by atoms with Crippen LogP contribution in [0.2, 0.25) is 14.2 Å². The van der Waals surface area contributed by atoms with E-state index in [1.807, 2.05) is 0 Å². The third-order valence-electron chi connectivity index (χ3n) is 2.78. The molecule has 0 aliphatic rings. The number of aliphatic carboxylic acids is 1. The summed E-state index contributed by atoms with van der Waals surface area (Å²) in [5.74, 6) is -0.833.